The Morgan fingerprint density at radius 3 is 2.52 bits per heavy atom. The van der Waals surface area contributed by atoms with Crippen LogP contribution in [0, 0.1) is 10.1 Å². The van der Waals surface area contributed by atoms with E-state index in [1.54, 1.807) is 25.3 Å². The van der Waals surface area contributed by atoms with Crippen LogP contribution in [0.25, 0.3) is 16.9 Å². The zero-order valence-corrected chi connectivity index (χ0v) is 17.6. The third kappa shape index (κ3) is 4.93. The molecule has 4 rings (SSSR count). The van der Waals surface area contributed by atoms with Crippen LogP contribution in [0.15, 0.2) is 90.0 Å². The molecule has 4 aromatic rings. The zero-order chi connectivity index (χ0) is 23.2. The third-order valence-corrected chi connectivity index (χ3v) is 4.79. The number of nitro benzene ring substituents is 1. The van der Waals surface area contributed by atoms with Gasteiger partial charge in [-0.3, -0.25) is 14.9 Å². The van der Waals surface area contributed by atoms with Gasteiger partial charge in [0.2, 0.25) is 0 Å². The number of methoxy groups -OCH3 is 1. The van der Waals surface area contributed by atoms with Crippen molar-refractivity contribution < 1.29 is 14.5 Å². The number of non-ortho nitro benzene ring substituents is 1. The molecule has 0 bridgehead atoms. The van der Waals surface area contributed by atoms with Crippen LogP contribution in [0.4, 0.5) is 5.69 Å². The van der Waals surface area contributed by atoms with Crippen LogP contribution in [0.5, 0.6) is 5.75 Å². The normalized spacial score (nSPS) is 10.8. The maximum absolute atomic E-state index is 12.9. The Hall–Kier alpha value is -4.79. The Kier molecular flexibility index (Phi) is 6.21. The van der Waals surface area contributed by atoms with Crippen molar-refractivity contribution >= 4 is 17.8 Å². The summed E-state index contributed by atoms with van der Waals surface area (Å²) in [5, 5.41) is 19.5. The first-order valence-electron chi connectivity index (χ1n) is 9.93. The van der Waals surface area contributed by atoms with Gasteiger partial charge in [-0.15, -0.1) is 0 Å². The summed E-state index contributed by atoms with van der Waals surface area (Å²) in [5.74, 6) is 0.238. The molecule has 9 heteroatoms. The minimum absolute atomic E-state index is 0.0587. The minimum atomic E-state index is -0.491. The van der Waals surface area contributed by atoms with Crippen molar-refractivity contribution in [3.8, 4) is 22.7 Å². The van der Waals surface area contributed by atoms with E-state index in [9.17, 15) is 14.9 Å². The van der Waals surface area contributed by atoms with Crippen molar-refractivity contribution in [1.29, 1.82) is 0 Å². The number of amides is 1. The summed E-state index contributed by atoms with van der Waals surface area (Å²) < 4.78 is 6.74. The number of hydrazone groups is 1. The van der Waals surface area contributed by atoms with Gasteiger partial charge < -0.3 is 4.74 Å². The second-order valence-electron chi connectivity index (χ2n) is 6.94. The molecule has 0 atom stereocenters. The molecule has 9 nitrogen and oxygen atoms in total. The van der Waals surface area contributed by atoms with E-state index in [0.717, 1.165) is 11.3 Å². The van der Waals surface area contributed by atoms with Gasteiger partial charge in [0, 0.05) is 23.3 Å². The van der Waals surface area contributed by atoms with Crippen LogP contribution in [-0.4, -0.2) is 33.9 Å². The number of hydrogen-bond donors (Lipinski definition) is 1. The van der Waals surface area contributed by atoms with Crippen LogP contribution in [-0.2, 0) is 0 Å². The number of ether oxygens (including phenoxy) is 1. The van der Waals surface area contributed by atoms with E-state index in [1.165, 1.54) is 23.0 Å². The molecule has 0 unspecified atom stereocenters. The molecular formula is C24H19N5O4. The van der Waals surface area contributed by atoms with Gasteiger partial charge in [-0.05, 0) is 42.5 Å². The van der Waals surface area contributed by atoms with Crippen molar-refractivity contribution in [3.63, 3.8) is 0 Å². The number of rotatable bonds is 7. The quantitative estimate of drug-likeness (QED) is 0.262. The molecule has 33 heavy (non-hydrogen) atoms. The van der Waals surface area contributed by atoms with E-state index < -0.39 is 10.8 Å². The monoisotopic (exact) mass is 441 g/mol. The fraction of sp³-hybridized carbons (Fsp3) is 0.0417. The Labute approximate surface area is 189 Å². The molecule has 1 N–H and O–H groups in total. The molecule has 0 aliphatic heterocycles. The van der Waals surface area contributed by atoms with Gasteiger partial charge in [0.15, 0.2) is 0 Å². The zero-order valence-electron chi connectivity index (χ0n) is 17.6. The lowest BCUT2D eigenvalue weighted by Crippen LogP contribution is -2.21. The molecule has 0 aliphatic carbocycles. The molecule has 0 spiro atoms. The first-order chi connectivity index (χ1) is 16.0. The number of para-hydroxylation sites is 1. The topological polar surface area (TPSA) is 112 Å². The largest absolute Gasteiger partial charge is 0.497 e. The second kappa shape index (κ2) is 9.56. The molecule has 0 aliphatic rings. The summed E-state index contributed by atoms with van der Waals surface area (Å²) in [6.45, 7) is 0. The molecule has 1 amide bonds. The molecule has 0 fully saturated rings. The van der Waals surface area contributed by atoms with Crippen molar-refractivity contribution in [3.05, 3.63) is 106 Å². The molecular weight excluding hydrogens is 422 g/mol. The number of carbonyl (C=O) groups is 1. The third-order valence-electron chi connectivity index (χ3n) is 4.79. The molecule has 164 valence electrons. The van der Waals surface area contributed by atoms with Crippen LogP contribution in [0.3, 0.4) is 0 Å². The van der Waals surface area contributed by atoms with Crippen LogP contribution in [0.1, 0.15) is 16.1 Å². The fourth-order valence-corrected chi connectivity index (χ4v) is 3.15. The predicted molar refractivity (Wildman–Crippen MR) is 124 cm³/mol. The van der Waals surface area contributed by atoms with E-state index >= 15 is 0 Å². The molecule has 0 saturated heterocycles. The van der Waals surface area contributed by atoms with E-state index in [2.05, 4.69) is 15.6 Å². The van der Waals surface area contributed by atoms with E-state index in [-0.39, 0.29) is 11.4 Å². The van der Waals surface area contributed by atoms with Crippen molar-refractivity contribution in [1.82, 2.24) is 15.2 Å². The molecule has 0 radical (unpaired) electrons. The Balaban J connectivity index is 1.62. The fourth-order valence-electron chi connectivity index (χ4n) is 3.15. The number of aromatic nitrogens is 2. The van der Waals surface area contributed by atoms with Crippen molar-refractivity contribution in [2.75, 3.05) is 7.11 Å². The highest BCUT2D eigenvalue weighted by molar-refractivity contribution is 5.95. The average Bonchev–Trinajstić information content (AvgIpc) is 3.30. The van der Waals surface area contributed by atoms with Crippen LogP contribution >= 0.6 is 0 Å². The lowest BCUT2D eigenvalue weighted by Gasteiger charge is -2.06. The second-order valence-corrected chi connectivity index (χ2v) is 6.94. The van der Waals surface area contributed by atoms with Crippen molar-refractivity contribution in [2.24, 2.45) is 5.10 Å². The van der Waals surface area contributed by atoms with Gasteiger partial charge in [0.25, 0.3) is 11.6 Å². The predicted octanol–water partition coefficient (Wildman–Crippen LogP) is 4.22. The Bertz CT molecular complexity index is 1310. The molecule has 0 saturated carbocycles. The van der Waals surface area contributed by atoms with Crippen LogP contribution in [0.2, 0.25) is 0 Å². The summed E-state index contributed by atoms with van der Waals surface area (Å²) in [6, 6.07) is 24.2. The van der Waals surface area contributed by atoms with Gasteiger partial charge in [0.1, 0.15) is 11.4 Å². The number of nitrogens with one attached hydrogen (secondary N) is 1. The smallest absolute Gasteiger partial charge is 0.290 e. The van der Waals surface area contributed by atoms with Crippen LogP contribution < -0.4 is 10.2 Å². The number of carbonyl (C=O) groups excluding carboxylic acids is 1. The Morgan fingerprint density at radius 2 is 1.82 bits per heavy atom. The standard InChI is InChI=1S/C24H19N5O4/c1-33-21-12-10-18(11-13-21)22-15-23(28(27-22)19-7-3-2-4-8-19)24(30)26-25-16-17-6-5-9-20(14-17)29(31)32/h2-16H,1H3,(H,26,30)/b25-16-. The van der Waals surface area contributed by atoms with E-state index in [0.29, 0.717) is 16.9 Å². The molecule has 3 aromatic carbocycles. The summed E-state index contributed by atoms with van der Waals surface area (Å²) in [5.41, 5.74) is 5.32. The number of hydrogen-bond acceptors (Lipinski definition) is 6. The first-order valence-corrected chi connectivity index (χ1v) is 9.93. The van der Waals surface area contributed by atoms with Crippen molar-refractivity contribution in [2.45, 2.75) is 0 Å². The maximum Gasteiger partial charge on any atom is 0.290 e. The highest BCUT2D eigenvalue weighted by atomic mass is 16.6. The number of nitrogens with zero attached hydrogens (tertiary/aromatic N) is 4. The highest BCUT2D eigenvalue weighted by Gasteiger charge is 2.17. The first kappa shape index (κ1) is 21.4. The Morgan fingerprint density at radius 1 is 1.06 bits per heavy atom. The SMILES string of the molecule is COc1ccc(-c2cc(C(=O)N/N=C\c3cccc([N+](=O)[O-])c3)n(-c3ccccc3)n2)cc1. The van der Waals surface area contributed by atoms with Gasteiger partial charge in [-0.25, -0.2) is 10.1 Å². The number of benzene rings is 3. The lowest BCUT2D eigenvalue weighted by atomic mass is 10.1. The minimum Gasteiger partial charge on any atom is -0.497 e. The van der Waals surface area contributed by atoms with E-state index in [4.69, 9.17) is 4.74 Å². The van der Waals surface area contributed by atoms with Gasteiger partial charge in [-0.1, -0.05) is 30.3 Å². The maximum atomic E-state index is 12.9. The number of nitro groups is 1. The summed E-state index contributed by atoms with van der Waals surface area (Å²) in [4.78, 5) is 23.4. The lowest BCUT2D eigenvalue weighted by molar-refractivity contribution is -0.384. The van der Waals surface area contributed by atoms with Gasteiger partial charge >= 0.3 is 0 Å². The summed E-state index contributed by atoms with van der Waals surface area (Å²) >= 11 is 0. The van der Waals surface area contributed by atoms with Gasteiger partial charge in [-0.2, -0.15) is 10.2 Å². The summed E-state index contributed by atoms with van der Waals surface area (Å²) in [6.07, 6.45) is 1.35. The summed E-state index contributed by atoms with van der Waals surface area (Å²) in [7, 11) is 1.59. The average molecular weight is 441 g/mol. The highest BCUT2D eigenvalue weighted by Crippen LogP contribution is 2.24. The molecule has 1 heterocycles. The van der Waals surface area contributed by atoms with E-state index in [1.807, 2.05) is 54.6 Å². The molecule has 1 aromatic heterocycles. The van der Waals surface area contributed by atoms with Gasteiger partial charge in [0.05, 0.1) is 29.6 Å².